The van der Waals surface area contributed by atoms with E-state index < -0.39 is 21.3 Å². The van der Waals surface area contributed by atoms with Gasteiger partial charge in [-0.1, -0.05) is 50.2 Å². The zero-order valence-corrected chi connectivity index (χ0v) is 20.3. The summed E-state index contributed by atoms with van der Waals surface area (Å²) in [5.74, 6) is -0.637. The topological polar surface area (TPSA) is 74.3 Å². The van der Waals surface area contributed by atoms with Crippen LogP contribution in [0.3, 0.4) is 0 Å². The number of fused-ring (bicyclic) bond motifs is 2. The Bertz CT molecular complexity index is 883. The third-order valence-corrected chi connectivity index (χ3v) is 6.87. The summed E-state index contributed by atoms with van der Waals surface area (Å²) in [7, 11) is -4.33. The van der Waals surface area contributed by atoms with E-state index in [9.17, 15) is 26.5 Å². The molecular weight excluding hydrogens is 525 g/mol. The van der Waals surface area contributed by atoms with Crippen LogP contribution in [0.25, 0.3) is 0 Å². The fourth-order valence-electron chi connectivity index (χ4n) is 4.24. The van der Waals surface area contributed by atoms with Gasteiger partial charge in [-0.3, -0.25) is 4.79 Å². The summed E-state index contributed by atoms with van der Waals surface area (Å²) in [4.78, 5) is 11.8. The number of Topliss-reactive ketones (excluding diaryl/α,β-unsaturated/α-hetero) is 1. The molecule has 0 saturated heterocycles. The SMILES string of the molecule is CC1(C)C2CCC1(CS(=O)(=O)[O-])C(=O)C2.Fc1ccccc1.Fc1ccccc1.[IH2+]. The number of halogens is 3. The second-order valence-electron chi connectivity index (χ2n) is 7.96. The molecule has 0 aromatic heterocycles. The monoisotopic (exact) mass is 552 g/mol. The number of carbonyl (C=O) groups is 1. The Morgan fingerprint density at radius 1 is 0.967 bits per heavy atom. The van der Waals surface area contributed by atoms with Gasteiger partial charge >= 0.3 is 0 Å². The Labute approximate surface area is 193 Å². The molecular formula is C22H27F2IO4S. The zero-order chi connectivity index (χ0) is 21.7. The molecule has 2 unspecified atom stereocenters. The van der Waals surface area contributed by atoms with Crippen molar-refractivity contribution in [2.75, 3.05) is 5.75 Å². The van der Waals surface area contributed by atoms with Gasteiger partial charge < -0.3 is 4.55 Å². The Morgan fingerprint density at radius 2 is 1.40 bits per heavy atom. The van der Waals surface area contributed by atoms with Gasteiger partial charge in [0.15, 0.2) is 0 Å². The Balaban J connectivity index is 0.000000251. The van der Waals surface area contributed by atoms with Crippen molar-refractivity contribution < 1.29 is 50.5 Å². The van der Waals surface area contributed by atoms with Crippen molar-refractivity contribution in [3.8, 4) is 0 Å². The van der Waals surface area contributed by atoms with Crippen LogP contribution in [-0.4, -0.2) is 24.5 Å². The fourth-order valence-corrected chi connectivity index (χ4v) is 5.52. The smallest absolute Gasteiger partial charge is 0.235 e. The van der Waals surface area contributed by atoms with Gasteiger partial charge in [0.25, 0.3) is 0 Å². The predicted octanol–water partition coefficient (Wildman–Crippen LogP) is 1.05. The van der Waals surface area contributed by atoms with Crippen LogP contribution in [0.15, 0.2) is 60.7 Å². The predicted molar refractivity (Wildman–Crippen MR) is 109 cm³/mol. The van der Waals surface area contributed by atoms with Gasteiger partial charge in [0, 0.05) is 11.8 Å². The van der Waals surface area contributed by atoms with E-state index in [0.717, 1.165) is 6.42 Å². The lowest BCUT2D eigenvalue weighted by molar-refractivity contribution is -0.128. The average molecular weight is 552 g/mol. The molecule has 2 saturated carbocycles. The molecule has 4 rings (SSSR count). The van der Waals surface area contributed by atoms with Gasteiger partial charge in [0.05, 0.1) is 15.9 Å². The third-order valence-electron chi connectivity index (χ3n) is 6.03. The molecule has 2 aromatic rings. The van der Waals surface area contributed by atoms with Crippen LogP contribution in [0.1, 0.15) is 33.1 Å². The van der Waals surface area contributed by atoms with Crippen LogP contribution in [0.5, 0.6) is 0 Å². The first kappa shape index (κ1) is 26.6. The summed E-state index contributed by atoms with van der Waals surface area (Å²) in [5.41, 5.74) is -1.22. The van der Waals surface area contributed by atoms with E-state index in [4.69, 9.17) is 0 Å². The lowest BCUT2D eigenvalue weighted by atomic mass is 9.70. The van der Waals surface area contributed by atoms with Crippen molar-refractivity contribution >= 4 is 15.9 Å². The highest BCUT2D eigenvalue weighted by atomic mass is 127. The van der Waals surface area contributed by atoms with Crippen LogP contribution in [0, 0.1) is 28.4 Å². The minimum atomic E-state index is -4.33. The minimum absolute atomic E-state index is 0. The average Bonchev–Trinajstić information content (AvgIpc) is 2.97. The van der Waals surface area contributed by atoms with Crippen LogP contribution in [0.4, 0.5) is 8.78 Å². The molecule has 2 bridgehead atoms. The van der Waals surface area contributed by atoms with Crippen molar-refractivity contribution in [1.82, 2.24) is 0 Å². The molecule has 30 heavy (non-hydrogen) atoms. The summed E-state index contributed by atoms with van der Waals surface area (Å²) < 4.78 is 56.5. The van der Waals surface area contributed by atoms with E-state index >= 15 is 0 Å². The molecule has 8 heteroatoms. The second kappa shape index (κ2) is 10.8. The van der Waals surface area contributed by atoms with E-state index in [0.29, 0.717) is 12.8 Å². The van der Waals surface area contributed by atoms with Gasteiger partial charge in [-0.25, -0.2) is 17.2 Å². The van der Waals surface area contributed by atoms with E-state index in [1.165, 1.54) is 24.3 Å². The second-order valence-corrected chi connectivity index (χ2v) is 9.36. The van der Waals surface area contributed by atoms with E-state index in [1.807, 2.05) is 13.8 Å². The third kappa shape index (κ3) is 6.55. The molecule has 2 aromatic carbocycles. The van der Waals surface area contributed by atoms with Crippen LogP contribution < -0.4 is 24.0 Å². The Morgan fingerprint density at radius 3 is 1.63 bits per heavy atom. The van der Waals surface area contributed by atoms with Crippen molar-refractivity contribution in [1.29, 1.82) is 0 Å². The Kier molecular flexibility index (Phi) is 9.56. The number of hydrogen-bond acceptors (Lipinski definition) is 4. The summed E-state index contributed by atoms with van der Waals surface area (Å²) in [6, 6.07) is 15.9. The first-order valence-corrected chi connectivity index (χ1v) is 10.9. The first-order valence-electron chi connectivity index (χ1n) is 9.36. The lowest BCUT2D eigenvalue weighted by Crippen LogP contribution is -3.00. The molecule has 0 aliphatic heterocycles. The molecule has 2 atom stereocenters. The first-order chi connectivity index (χ1) is 13.5. The van der Waals surface area contributed by atoms with Gasteiger partial charge in [0.1, 0.15) is 17.4 Å². The quantitative estimate of drug-likeness (QED) is 0.413. The molecule has 2 fully saturated rings. The molecule has 0 spiro atoms. The standard InChI is InChI=1S/C10H16O4S.2C6H5F.H2I/c1-9(2)7-3-4-10(9,8(11)5-7)6-15(12,13)14;2*7-6-4-2-1-3-5-6;/h7H,3-6H2,1-2H3,(H,12,13,14);2*1-5H;1H2/q;;;+1/p-1. The number of carbonyl (C=O) groups excluding carboxylic acids is 1. The summed E-state index contributed by atoms with van der Waals surface area (Å²) in [6.45, 7) is 3.83. The highest BCUT2D eigenvalue weighted by Gasteiger charge is 2.64. The summed E-state index contributed by atoms with van der Waals surface area (Å²) in [5, 5.41) is 0. The summed E-state index contributed by atoms with van der Waals surface area (Å²) in [6.07, 6.45) is 1.88. The largest absolute Gasteiger partial charge is 0.748 e. The Hall–Kier alpha value is -1.39. The zero-order valence-electron chi connectivity index (χ0n) is 16.9. The van der Waals surface area contributed by atoms with Crippen molar-refractivity contribution in [2.24, 2.45) is 16.7 Å². The van der Waals surface area contributed by atoms with Crippen LogP contribution in [-0.2, 0) is 14.9 Å². The molecule has 0 amide bonds. The molecule has 0 heterocycles. The fraction of sp³-hybridized carbons (Fsp3) is 0.409. The van der Waals surface area contributed by atoms with Gasteiger partial charge in [-0.05, 0) is 48.4 Å². The van der Waals surface area contributed by atoms with E-state index in [1.54, 1.807) is 36.4 Å². The highest BCUT2D eigenvalue weighted by Crippen LogP contribution is 2.64. The van der Waals surface area contributed by atoms with Crippen molar-refractivity contribution in [2.45, 2.75) is 33.1 Å². The van der Waals surface area contributed by atoms with Gasteiger partial charge in [-0.2, -0.15) is 0 Å². The molecule has 166 valence electrons. The lowest BCUT2D eigenvalue weighted by Gasteiger charge is -2.37. The maximum Gasteiger partial charge on any atom is 0.235 e. The molecule has 0 N–H and O–H groups in total. The van der Waals surface area contributed by atoms with E-state index in [2.05, 4.69) is 0 Å². The van der Waals surface area contributed by atoms with Crippen molar-refractivity contribution in [3.05, 3.63) is 72.3 Å². The summed E-state index contributed by atoms with van der Waals surface area (Å²) >= 11 is 0. The van der Waals surface area contributed by atoms with Crippen LogP contribution in [0.2, 0.25) is 0 Å². The molecule has 4 nitrogen and oxygen atoms in total. The maximum atomic E-state index is 11.9. The number of hydrogen-bond donors (Lipinski definition) is 0. The molecule has 2 aliphatic rings. The number of rotatable bonds is 2. The molecule has 0 radical (unpaired) electrons. The van der Waals surface area contributed by atoms with Gasteiger partial charge in [-0.15, -0.1) is 0 Å². The normalized spacial score (nSPS) is 23.4. The maximum absolute atomic E-state index is 11.9. The van der Waals surface area contributed by atoms with Gasteiger partial charge in [0.2, 0.25) is 24.0 Å². The minimum Gasteiger partial charge on any atom is -0.748 e. The van der Waals surface area contributed by atoms with Crippen LogP contribution >= 0.6 is 0 Å². The number of benzene rings is 2. The van der Waals surface area contributed by atoms with E-state index in [-0.39, 0.29) is 52.7 Å². The highest BCUT2D eigenvalue weighted by molar-refractivity contribution is 7.85. The molecule has 2 aliphatic carbocycles. The van der Waals surface area contributed by atoms with Crippen molar-refractivity contribution in [3.63, 3.8) is 0 Å². The number of ketones is 1.